The number of hydrogen-bond acceptors (Lipinski definition) is 4. The molecule has 3 nitrogen and oxygen atoms in total. The van der Waals surface area contributed by atoms with Crippen LogP contribution >= 0.6 is 23.1 Å². The highest BCUT2D eigenvalue weighted by atomic mass is 32.2. The summed E-state index contributed by atoms with van der Waals surface area (Å²) in [7, 11) is 1.69. The molecule has 0 bridgehead atoms. The minimum Gasteiger partial charge on any atom is -0.290 e. The number of aromatic nitrogens is 2. The molecule has 0 amide bonds. The molecule has 0 aliphatic heterocycles. The van der Waals surface area contributed by atoms with Crippen LogP contribution in [0.25, 0.3) is 10.2 Å². The number of rotatable bonds is 3. The van der Waals surface area contributed by atoms with E-state index < -0.39 is 0 Å². The third-order valence-corrected chi connectivity index (χ3v) is 4.86. The summed E-state index contributed by atoms with van der Waals surface area (Å²) in [6.45, 7) is 0. The molecule has 0 unspecified atom stereocenters. The van der Waals surface area contributed by atoms with Gasteiger partial charge in [0.1, 0.15) is 10.6 Å². The average molecular weight is 306 g/mol. The third-order valence-electron chi connectivity index (χ3n) is 2.98. The molecule has 6 heteroatoms. The number of fused-ring (bicyclic) bond motifs is 1. The molecule has 0 aliphatic rings. The van der Waals surface area contributed by atoms with Gasteiger partial charge in [-0.15, -0.1) is 11.3 Å². The van der Waals surface area contributed by atoms with Crippen molar-refractivity contribution in [3.63, 3.8) is 0 Å². The quantitative estimate of drug-likeness (QED) is 0.549. The predicted molar refractivity (Wildman–Crippen MR) is 80.8 cm³/mol. The van der Waals surface area contributed by atoms with Gasteiger partial charge in [0.15, 0.2) is 5.16 Å². The molecule has 1 aromatic carbocycles. The smallest absolute Gasteiger partial charge is 0.262 e. The summed E-state index contributed by atoms with van der Waals surface area (Å²) in [5, 5.41) is 3.09. The van der Waals surface area contributed by atoms with E-state index in [1.54, 1.807) is 31.3 Å². The van der Waals surface area contributed by atoms with Gasteiger partial charge in [-0.25, -0.2) is 9.37 Å². The first-order chi connectivity index (χ1) is 9.66. The van der Waals surface area contributed by atoms with E-state index in [1.165, 1.54) is 33.7 Å². The van der Waals surface area contributed by atoms with Crippen LogP contribution in [0.15, 0.2) is 45.7 Å². The van der Waals surface area contributed by atoms with Crippen molar-refractivity contribution in [2.75, 3.05) is 0 Å². The molecular formula is C14H11FN2OS2. The fourth-order valence-electron chi connectivity index (χ4n) is 1.87. The Morgan fingerprint density at radius 1 is 1.35 bits per heavy atom. The SMILES string of the molecule is Cn1c(SCc2ccccc2F)nc2sccc2c1=O. The number of thioether (sulfide) groups is 1. The van der Waals surface area contributed by atoms with Crippen LogP contribution in [0.4, 0.5) is 4.39 Å². The summed E-state index contributed by atoms with van der Waals surface area (Å²) in [6.07, 6.45) is 0. The van der Waals surface area contributed by atoms with Gasteiger partial charge < -0.3 is 0 Å². The van der Waals surface area contributed by atoms with Crippen LogP contribution in [0.1, 0.15) is 5.56 Å². The molecule has 0 saturated heterocycles. The molecule has 20 heavy (non-hydrogen) atoms. The van der Waals surface area contributed by atoms with Gasteiger partial charge in [0.25, 0.3) is 5.56 Å². The van der Waals surface area contributed by atoms with E-state index in [-0.39, 0.29) is 11.4 Å². The molecule has 0 atom stereocenters. The largest absolute Gasteiger partial charge is 0.290 e. The maximum absolute atomic E-state index is 13.6. The van der Waals surface area contributed by atoms with Crippen LogP contribution in [0, 0.1) is 5.82 Å². The van der Waals surface area contributed by atoms with E-state index in [2.05, 4.69) is 4.98 Å². The second-order valence-corrected chi connectivity index (χ2v) is 6.12. The summed E-state index contributed by atoms with van der Waals surface area (Å²) >= 11 is 2.80. The first-order valence-electron chi connectivity index (χ1n) is 5.97. The van der Waals surface area contributed by atoms with Crippen LogP contribution in [0.5, 0.6) is 0 Å². The number of benzene rings is 1. The molecule has 3 rings (SSSR count). The Kier molecular flexibility index (Phi) is 3.58. The lowest BCUT2D eigenvalue weighted by Gasteiger charge is -2.07. The van der Waals surface area contributed by atoms with Crippen molar-refractivity contribution in [1.82, 2.24) is 9.55 Å². The maximum atomic E-state index is 13.6. The van der Waals surface area contributed by atoms with Gasteiger partial charge in [-0.05, 0) is 23.1 Å². The van der Waals surface area contributed by atoms with Gasteiger partial charge in [0.05, 0.1) is 5.39 Å². The van der Waals surface area contributed by atoms with Crippen LogP contribution < -0.4 is 5.56 Å². The van der Waals surface area contributed by atoms with Gasteiger partial charge in [-0.3, -0.25) is 9.36 Å². The summed E-state index contributed by atoms with van der Waals surface area (Å²) in [5.74, 6) is 0.214. The second-order valence-electron chi connectivity index (χ2n) is 4.28. The standard InChI is InChI=1S/C14H11FN2OS2/c1-17-13(18)10-6-7-19-12(10)16-14(17)20-8-9-4-2-3-5-11(9)15/h2-7H,8H2,1H3. The normalized spacial score (nSPS) is 11.1. The third kappa shape index (κ3) is 2.36. The van der Waals surface area contributed by atoms with Crippen molar-refractivity contribution in [2.45, 2.75) is 10.9 Å². The van der Waals surface area contributed by atoms with Gasteiger partial charge in [0, 0.05) is 12.8 Å². The topological polar surface area (TPSA) is 34.9 Å². The molecule has 0 fully saturated rings. The highest BCUT2D eigenvalue weighted by Crippen LogP contribution is 2.24. The highest BCUT2D eigenvalue weighted by molar-refractivity contribution is 7.98. The van der Waals surface area contributed by atoms with Crippen molar-refractivity contribution in [1.29, 1.82) is 0 Å². The van der Waals surface area contributed by atoms with Crippen molar-refractivity contribution in [3.05, 3.63) is 57.4 Å². The van der Waals surface area contributed by atoms with Crippen LogP contribution in [0.3, 0.4) is 0 Å². The zero-order valence-corrected chi connectivity index (χ0v) is 12.3. The minimum absolute atomic E-state index is 0.0627. The molecule has 0 N–H and O–H groups in total. The zero-order chi connectivity index (χ0) is 14.1. The lowest BCUT2D eigenvalue weighted by Crippen LogP contribution is -2.19. The van der Waals surface area contributed by atoms with Gasteiger partial charge >= 0.3 is 0 Å². The van der Waals surface area contributed by atoms with E-state index in [0.29, 0.717) is 21.9 Å². The van der Waals surface area contributed by atoms with Gasteiger partial charge in [-0.1, -0.05) is 30.0 Å². The molecule has 0 radical (unpaired) electrons. The number of thiophene rings is 1. The number of nitrogens with zero attached hydrogens (tertiary/aromatic N) is 2. The summed E-state index contributed by atoms with van der Waals surface area (Å²) in [6, 6.07) is 8.42. The average Bonchev–Trinajstić information content (AvgIpc) is 2.91. The highest BCUT2D eigenvalue weighted by Gasteiger charge is 2.10. The predicted octanol–water partition coefficient (Wildman–Crippen LogP) is 3.43. The molecule has 2 heterocycles. The van der Waals surface area contributed by atoms with Gasteiger partial charge in [0.2, 0.25) is 0 Å². The minimum atomic E-state index is -0.234. The van der Waals surface area contributed by atoms with Crippen molar-refractivity contribution in [3.8, 4) is 0 Å². The summed E-state index contributed by atoms with van der Waals surface area (Å²) in [5.41, 5.74) is 0.547. The first-order valence-corrected chi connectivity index (χ1v) is 7.84. The molecule has 3 aromatic rings. The molecule has 0 spiro atoms. The molecule has 0 saturated carbocycles. The van der Waals surface area contributed by atoms with E-state index in [4.69, 9.17) is 0 Å². The molecule has 102 valence electrons. The Hall–Kier alpha value is -1.66. The van der Waals surface area contributed by atoms with E-state index in [1.807, 2.05) is 5.38 Å². The van der Waals surface area contributed by atoms with E-state index >= 15 is 0 Å². The second kappa shape index (κ2) is 5.38. The van der Waals surface area contributed by atoms with Crippen LogP contribution in [0.2, 0.25) is 0 Å². The summed E-state index contributed by atoms with van der Waals surface area (Å²) in [4.78, 5) is 17.3. The lowest BCUT2D eigenvalue weighted by atomic mass is 10.2. The number of halogens is 1. The Morgan fingerprint density at radius 2 is 2.15 bits per heavy atom. The Morgan fingerprint density at radius 3 is 2.95 bits per heavy atom. The fraction of sp³-hybridized carbons (Fsp3) is 0.143. The lowest BCUT2D eigenvalue weighted by molar-refractivity contribution is 0.617. The Bertz CT molecular complexity index is 825. The summed E-state index contributed by atoms with van der Waals surface area (Å²) < 4.78 is 15.1. The van der Waals surface area contributed by atoms with Crippen LogP contribution in [-0.4, -0.2) is 9.55 Å². The van der Waals surface area contributed by atoms with Crippen LogP contribution in [-0.2, 0) is 12.8 Å². The van der Waals surface area contributed by atoms with Crippen molar-refractivity contribution >= 4 is 33.3 Å². The first kappa shape index (κ1) is 13.3. The molecule has 0 aliphatic carbocycles. The zero-order valence-electron chi connectivity index (χ0n) is 10.7. The molecular weight excluding hydrogens is 295 g/mol. The molecule has 2 aromatic heterocycles. The fourth-order valence-corrected chi connectivity index (χ4v) is 3.63. The van der Waals surface area contributed by atoms with Crippen molar-refractivity contribution < 1.29 is 4.39 Å². The van der Waals surface area contributed by atoms with E-state index in [9.17, 15) is 9.18 Å². The maximum Gasteiger partial charge on any atom is 0.262 e. The monoisotopic (exact) mass is 306 g/mol. The Balaban J connectivity index is 1.93. The van der Waals surface area contributed by atoms with Gasteiger partial charge in [-0.2, -0.15) is 0 Å². The van der Waals surface area contributed by atoms with Crippen molar-refractivity contribution in [2.24, 2.45) is 7.05 Å². The number of hydrogen-bond donors (Lipinski definition) is 0. The van der Waals surface area contributed by atoms with E-state index in [0.717, 1.165) is 4.83 Å². The Labute approximate surface area is 123 Å².